The van der Waals surface area contributed by atoms with Gasteiger partial charge in [-0.3, -0.25) is 0 Å². The molecule has 14 rings (SSSR count). The van der Waals surface area contributed by atoms with E-state index in [9.17, 15) is 0 Å². The molecule has 0 bridgehead atoms. The maximum Gasteiger partial charge on any atom is 0.143 e. The fourth-order valence-corrected chi connectivity index (χ4v) is 11.1. The van der Waals surface area contributed by atoms with E-state index in [1.54, 1.807) is 0 Å². The minimum Gasteiger partial charge on any atom is -0.455 e. The number of rotatable bonds is 8. The van der Waals surface area contributed by atoms with Crippen LogP contribution in [-0.4, -0.2) is 4.57 Å². The zero-order valence-electron chi connectivity index (χ0n) is 38.7. The molecule has 3 nitrogen and oxygen atoms in total. The molecule has 0 aliphatic heterocycles. The van der Waals surface area contributed by atoms with Crippen LogP contribution in [0.4, 0.5) is 17.1 Å². The zero-order chi connectivity index (χ0) is 46.8. The Bertz CT molecular complexity index is 4290. The van der Waals surface area contributed by atoms with Crippen molar-refractivity contribution in [2.24, 2.45) is 0 Å². The molecule has 0 aliphatic rings. The van der Waals surface area contributed by atoms with Crippen LogP contribution in [0.15, 0.2) is 271 Å². The summed E-state index contributed by atoms with van der Waals surface area (Å²) in [4.78, 5) is 2.39. The van der Waals surface area contributed by atoms with Gasteiger partial charge in [0.15, 0.2) is 0 Å². The van der Waals surface area contributed by atoms with Gasteiger partial charge >= 0.3 is 0 Å². The Kier molecular flexibility index (Phi) is 9.53. The minimum atomic E-state index is 0.878. The Morgan fingerprint density at radius 3 is 1.58 bits per heavy atom. The second-order valence-corrected chi connectivity index (χ2v) is 18.4. The van der Waals surface area contributed by atoms with Gasteiger partial charge in [0.05, 0.1) is 22.4 Å². The lowest BCUT2D eigenvalue weighted by atomic mass is 9.95. The molecule has 2 heterocycles. The monoisotopic (exact) mass is 904 g/mol. The first kappa shape index (κ1) is 40.6. The Morgan fingerprint density at radius 1 is 0.296 bits per heavy atom. The normalized spacial score (nSPS) is 11.7. The molecule has 332 valence electrons. The van der Waals surface area contributed by atoms with Crippen LogP contribution >= 0.6 is 0 Å². The van der Waals surface area contributed by atoms with Gasteiger partial charge < -0.3 is 13.9 Å². The fraction of sp³-hybridized carbons (Fsp3) is 0. The number of aromatic nitrogens is 1. The standard InChI is InChI=1S/C68H44N2O/c1-2-18-50-44-67-62(43-49(50)17-1)61-29-15-28-60(68(61)71-67)59-26-8-10-31-64(59)69(52-38-34-45(35-39-52)48-20-13-21-51(42-48)55-27-14-19-46-16-3-4-22-54(46)55)53-40-36-47(37-41-53)56-23-5-9-30-63(56)70-65-32-11-6-24-57(65)58-25-7-12-33-66(58)70/h1-44H. The summed E-state index contributed by atoms with van der Waals surface area (Å²) in [6.45, 7) is 0. The molecular formula is C68H44N2O. The van der Waals surface area contributed by atoms with Gasteiger partial charge in [-0.15, -0.1) is 0 Å². The maximum absolute atomic E-state index is 6.86. The number of benzene rings is 12. The van der Waals surface area contributed by atoms with Crippen molar-refractivity contribution in [2.75, 3.05) is 4.90 Å². The molecule has 2 aromatic heterocycles. The summed E-state index contributed by atoms with van der Waals surface area (Å²) in [5.41, 5.74) is 17.6. The lowest BCUT2D eigenvalue weighted by molar-refractivity contribution is 0.670. The van der Waals surface area contributed by atoms with Crippen LogP contribution in [0, 0.1) is 0 Å². The molecule has 0 saturated carbocycles. The van der Waals surface area contributed by atoms with E-state index in [2.05, 4.69) is 276 Å². The Balaban J connectivity index is 0.908. The van der Waals surface area contributed by atoms with Gasteiger partial charge in [0.1, 0.15) is 11.2 Å². The van der Waals surface area contributed by atoms with Crippen LogP contribution in [0.5, 0.6) is 0 Å². The summed E-state index contributed by atoms with van der Waals surface area (Å²) in [5, 5.41) is 9.57. The molecule has 0 atom stereocenters. The number of nitrogens with zero attached hydrogens (tertiary/aromatic N) is 2. The van der Waals surface area contributed by atoms with E-state index in [0.717, 1.165) is 77.9 Å². The second-order valence-electron chi connectivity index (χ2n) is 18.4. The number of hydrogen-bond acceptors (Lipinski definition) is 2. The fourth-order valence-electron chi connectivity index (χ4n) is 11.1. The molecule has 0 radical (unpaired) electrons. The van der Waals surface area contributed by atoms with Crippen LogP contribution in [-0.2, 0) is 0 Å². The van der Waals surface area contributed by atoms with Crippen molar-refractivity contribution in [1.82, 2.24) is 4.57 Å². The van der Waals surface area contributed by atoms with Crippen molar-refractivity contribution in [2.45, 2.75) is 0 Å². The summed E-state index contributed by atoms with van der Waals surface area (Å²) in [6.07, 6.45) is 0. The molecule has 12 aromatic carbocycles. The maximum atomic E-state index is 6.86. The highest BCUT2D eigenvalue weighted by Crippen LogP contribution is 2.46. The summed E-state index contributed by atoms with van der Waals surface area (Å²) in [6, 6.07) is 96.6. The SMILES string of the molecule is c1cc(-c2ccc(N(c3ccc(-c4ccccc4-n4c5ccccc5c5ccccc54)cc3)c3ccccc3-c3cccc4c3oc3cc5ccccc5cc34)cc2)cc(-c2cccc3ccccc23)c1. The van der Waals surface area contributed by atoms with Gasteiger partial charge in [-0.2, -0.15) is 0 Å². The predicted molar refractivity (Wildman–Crippen MR) is 299 cm³/mol. The number of furan rings is 1. The van der Waals surface area contributed by atoms with Crippen molar-refractivity contribution in [3.05, 3.63) is 267 Å². The molecule has 3 heteroatoms. The van der Waals surface area contributed by atoms with Crippen molar-refractivity contribution >= 4 is 82.4 Å². The molecule has 0 fully saturated rings. The molecule has 14 aromatic rings. The third kappa shape index (κ3) is 6.82. The molecule has 0 N–H and O–H groups in total. The van der Waals surface area contributed by atoms with Crippen molar-refractivity contribution in [1.29, 1.82) is 0 Å². The predicted octanol–water partition coefficient (Wildman–Crippen LogP) is 19.1. The van der Waals surface area contributed by atoms with Gasteiger partial charge in [-0.1, -0.05) is 200 Å². The van der Waals surface area contributed by atoms with E-state index >= 15 is 0 Å². The van der Waals surface area contributed by atoms with E-state index < -0.39 is 0 Å². The third-order valence-corrected chi connectivity index (χ3v) is 14.4. The topological polar surface area (TPSA) is 21.3 Å². The van der Waals surface area contributed by atoms with Crippen LogP contribution in [0.1, 0.15) is 0 Å². The molecular weight excluding hydrogens is 861 g/mol. The molecule has 0 unspecified atom stereocenters. The number of hydrogen-bond donors (Lipinski definition) is 0. The summed E-state index contributed by atoms with van der Waals surface area (Å²) in [7, 11) is 0. The molecule has 0 aliphatic carbocycles. The molecule has 0 amide bonds. The second kappa shape index (κ2) is 16.7. The summed E-state index contributed by atoms with van der Waals surface area (Å²) >= 11 is 0. The highest BCUT2D eigenvalue weighted by atomic mass is 16.3. The van der Waals surface area contributed by atoms with Crippen molar-refractivity contribution < 1.29 is 4.42 Å². The van der Waals surface area contributed by atoms with E-state index in [1.807, 2.05) is 0 Å². The van der Waals surface area contributed by atoms with E-state index in [4.69, 9.17) is 4.42 Å². The van der Waals surface area contributed by atoms with Gasteiger partial charge in [0.2, 0.25) is 0 Å². The number of fused-ring (bicyclic) bond motifs is 8. The Labute approximate surface area is 411 Å². The lowest BCUT2D eigenvalue weighted by Gasteiger charge is -2.28. The first-order valence-electron chi connectivity index (χ1n) is 24.3. The van der Waals surface area contributed by atoms with E-state index in [1.165, 1.54) is 54.7 Å². The smallest absolute Gasteiger partial charge is 0.143 e. The molecule has 71 heavy (non-hydrogen) atoms. The van der Waals surface area contributed by atoms with Crippen LogP contribution < -0.4 is 4.90 Å². The van der Waals surface area contributed by atoms with E-state index in [0.29, 0.717) is 0 Å². The number of anilines is 3. The Hall–Kier alpha value is -9.44. The van der Waals surface area contributed by atoms with Crippen LogP contribution in [0.3, 0.4) is 0 Å². The Morgan fingerprint density at radius 2 is 0.817 bits per heavy atom. The minimum absolute atomic E-state index is 0.878. The molecule has 0 saturated heterocycles. The highest BCUT2D eigenvalue weighted by molar-refractivity contribution is 6.14. The van der Waals surface area contributed by atoms with Crippen LogP contribution in [0.2, 0.25) is 0 Å². The van der Waals surface area contributed by atoms with Gasteiger partial charge in [-0.25, -0.2) is 0 Å². The quantitative estimate of drug-likeness (QED) is 0.151. The number of para-hydroxylation sites is 5. The van der Waals surface area contributed by atoms with Gasteiger partial charge in [-0.05, 0) is 116 Å². The highest BCUT2D eigenvalue weighted by Gasteiger charge is 2.22. The average Bonchev–Trinajstić information content (AvgIpc) is 3.98. The average molecular weight is 905 g/mol. The van der Waals surface area contributed by atoms with Crippen LogP contribution in [0.25, 0.3) is 115 Å². The summed E-state index contributed by atoms with van der Waals surface area (Å²) in [5.74, 6) is 0. The van der Waals surface area contributed by atoms with E-state index in [-0.39, 0.29) is 0 Å². The first-order chi connectivity index (χ1) is 35.2. The zero-order valence-corrected chi connectivity index (χ0v) is 38.7. The van der Waals surface area contributed by atoms with Crippen molar-refractivity contribution in [3.63, 3.8) is 0 Å². The molecule has 0 spiro atoms. The van der Waals surface area contributed by atoms with Crippen molar-refractivity contribution in [3.8, 4) is 50.2 Å². The van der Waals surface area contributed by atoms with Gasteiger partial charge in [0.25, 0.3) is 0 Å². The lowest BCUT2D eigenvalue weighted by Crippen LogP contribution is -2.11. The largest absolute Gasteiger partial charge is 0.455 e. The summed E-state index contributed by atoms with van der Waals surface area (Å²) < 4.78 is 9.28. The third-order valence-electron chi connectivity index (χ3n) is 14.4. The van der Waals surface area contributed by atoms with Gasteiger partial charge in [0, 0.05) is 49.6 Å². The first-order valence-corrected chi connectivity index (χ1v) is 24.3.